The molecular formula is C8H9Cl3S6. The summed E-state index contributed by atoms with van der Waals surface area (Å²) in [6.45, 7) is 2.29. The Morgan fingerprint density at radius 3 is 1.18 bits per heavy atom. The number of alkyl halides is 3. The largest absolute Gasteiger partial charge is 0.126 e. The first-order valence-corrected chi connectivity index (χ1v) is 11.3. The molecule has 9 heteroatoms. The second kappa shape index (κ2) is 4.73. The maximum Gasteiger partial charge on any atom is 0.126 e. The van der Waals surface area contributed by atoms with Gasteiger partial charge in [0.05, 0.1) is 17.6 Å². The van der Waals surface area contributed by atoms with E-state index in [1.54, 1.807) is 0 Å². The Kier molecular flexibility index (Phi) is 4.15. The van der Waals surface area contributed by atoms with Crippen LogP contribution in [0.5, 0.6) is 0 Å². The smallest absolute Gasteiger partial charge is 0.123 e. The molecule has 0 radical (unpaired) electrons. The molecule has 0 aromatic heterocycles. The van der Waals surface area contributed by atoms with E-state index in [1.807, 2.05) is 70.6 Å². The molecule has 0 amide bonds. The van der Waals surface area contributed by atoms with Gasteiger partial charge in [-0.3, -0.25) is 0 Å². The summed E-state index contributed by atoms with van der Waals surface area (Å²) in [7, 11) is 0. The molecule has 0 nitrogen and oxygen atoms in total. The van der Waals surface area contributed by atoms with E-state index < -0.39 is 0 Å². The summed E-state index contributed by atoms with van der Waals surface area (Å²) in [6, 6.07) is 0. The number of halogens is 3. The lowest BCUT2D eigenvalue weighted by molar-refractivity contribution is 1.11. The Morgan fingerprint density at radius 2 is 0.941 bits per heavy atom. The molecule has 0 spiro atoms. The minimum Gasteiger partial charge on any atom is -0.123 e. The first-order valence-electron chi connectivity index (χ1n) is 4.81. The second-order valence-electron chi connectivity index (χ2n) is 3.92. The lowest BCUT2D eigenvalue weighted by Gasteiger charge is -2.65. The predicted molar refractivity (Wildman–Crippen MR) is 94.3 cm³/mol. The van der Waals surface area contributed by atoms with Crippen molar-refractivity contribution >= 4 is 105 Å². The average Bonchev–Trinajstić information content (AvgIpc) is 2.26. The van der Waals surface area contributed by atoms with E-state index in [9.17, 15) is 0 Å². The molecule has 4 aliphatic rings. The molecule has 98 valence electrons. The third-order valence-corrected chi connectivity index (χ3v) is 16.3. The molecule has 4 fully saturated rings. The maximum absolute atomic E-state index is 6.25. The minimum absolute atomic E-state index is 0.0157. The fourth-order valence-corrected chi connectivity index (χ4v) is 23.6. The molecule has 4 heterocycles. The van der Waals surface area contributed by atoms with Crippen molar-refractivity contribution in [3.8, 4) is 0 Å². The Hall–Kier alpha value is 2.97. The third kappa shape index (κ3) is 2.37. The van der Waals surface area contributed by atoms with Crippen LogP contribution in [0.4, 0.5) is 0 Å². The van der Waals surface area contributed by atoms with Gasteiger partial charge in [-0.25, -0.2) is 0 Å². The van der Waals surface area contributed by atoms with Gasteiger partial charge < -0.3 is 0 Å². The van der Waals surface area contributed by atoms with Crippen LogP contribution in [0.25, 0.3) is 0 Å². The van der Waals surface area contributed by atoms with Crippen LogP contribution < -0.4 is 0 Å². The van der Waals surface area contributed by atoms with Gasteiger partial charge in [-0.15, -0.1) is 105 Å². The van der Waals surface area contributed by atoms with Gasteiger partial charge in [0, 0.05) is 0 Å². The summed E-state index contributed by atoms with van der Waals surface area (Å²) in [5.41, 5.74) is 0. The highest BCUT2D eigenvalue weighted by Gasteiger charge is 2.70. The van der Waals surface area contributed by atoms with Crippen LogP contribution in [0, 0.1) is 0 Å². The summed E-state index contributed by atoms with van der Waals surface area (Å²) >= 11 is 30.5. The summed E-state index contributed by atoms with van der Waals surface area (Å²) in [4.78, 5) is 0. The summed E-state index contributed by atoms with van der Waals surface area (Å²) in [5, 5.41) is 0. The normalized spacial score (nSPS) is 56.5. The molecule has 0 atom stereocenters. The fourth-order valence-electron chi connectivity index (χ4n) is 2.05. The molecule has 4 saturated heterocycles. The molecule has 4 rings (SSSR count). The predicted octanol–water partition coefficient (Wildman–Crippen LogP) is 5.78. The van der Waals surface area contributed by atoms with E-state index in [2.05, 4.69) is 6.92 Å². The van der Waals surface area contributed by atoms with E-state index in [-0.39, 0.29) is 13.6 Å². The van der Waals surface area contributed by atoms with Gasteiger partial charge >= 0.3 is 0 Å². The van der Waals surface area contributed by atoms with Gasteiger partial charge in [0.15, 0.2) is 0 Å². The van der Waals surface area contributed by atoms with E-state index in [0.717, 1.165) is 0 Å². The first kappa shape index (κ1) is 14.9. The molecule has 4 aliphatic heterocycles. The molecule has 4 bridgehead atoms. The van der Waals surface area contributed by atoms with Crippen molar-refractivity contribution < 1.29 is 0 Å². The zero-order chi connectivity index (χ0) is 12.4. The Balaban J connectivity index is 2.06. The van der Waals surface area contributed by atoms with Crippen LogP contribution in [0.1, 0.15) is 6.92 Å². The van der Waals surface area contributed by atoms with Gasteiger partial charge in [0.1, 0.15) is 13.6 Å². The number of thioether (sulfide) groups is 6. The van der Waals surface area contributed by atoms with Crippen molar-refractivity contribution in [3.63, 3.8) is 0 Å². The van der Waals surface area contributed by atoms with Crippen LogP contribution in [0.3, 0.4) is 0 Å². The summed E-state index contributed by atoms with van der Waals surface area (Å²) in [5.74, 6) is 1.92. The van der Waals surface area contributed by atoms with Gasteiger partial charge in [-0.05, 0) is 6.92 Å². The first-order chi connectivity index (χ1) is 7.92. The van der Waals surface area contributed by atoms with Crippen LogP contribution in [0.15, 0.2) is 0 Å². The fraction of sp³-hybridized carbons (Fsp3) is 1.00. The van der Waals surface area contributed by atoms with E-state index >= 15 is 0 Å². The zero-order valence-corrected chi connectivity index (χ0v) is 15.9. The van der Waals surface area contributed by atoms with Crippen molar-refractivity contribution in [2.45, 2.75) is 20.6 Å². The molecule has 17 heavy (non-hydrogen) atoms. The topological polar surface area (TPSA) is 0 Å². The second-order valence-corrected chi connectivity index (χ2v) is 17.8. The molecule has 0 aromatic carbocycles. The van der Waals surface area contributed by atoms with Crippen molar-refractivity contribution in [2.24, 2.45) is 0 Å². The SMILES string of the molecule is CC12SC3(CCl)SC(CCl)(S1)SC(CCl)(S2)S3. The third-order valence-electron chi connectivity index (χ3n) is 2.45. The van der Waals surface area contributed by atoms with Crippen LogP contribution in [-0.2, 0) is 0 Å². The summed E-state index contributed by atoms with van der Waals surface area (Å²) < 4.78 is 0.173. The van der Waals surface area contributed by atoms with Crippen molar-refractivity contribution in [2.75, 3.05) is 17.6 Å². The lowest BCUT2D eigenvalue weighted by Crippen LogP contribution is -2.54. The zero-order valence-electron chi connectivity index (χ0n) is 8.70. The highest BCUT2D eigenvalue weighted by molar-refractivity contribution is 8.65. The Labute approximate surface area is 142 Å². The van der Waals surface area contributed by atoms with Crippen molar-refractivity contribution in [3.05, 3.63) is 0 Å². The van der Waals surface area contributed by atoms with Crippen molar-refractivity contribution in [1.82, 2.24) is 0 Å². The highest BCUT2D eigenvalue weighted by atomic mass is 35.5. The monoisotopic (exact) mass is 402 g/mol. The van der Waals surface area contributed by atoms with Crippen molar-refractivity contribution in [1.29, 1.82) is 0 Å². The standard InChI is InChI=1S/C8H9Cl3S6/c1-5-12-6(2-9)15-7(3-10,13-5)17-8(4-11,14-5)16-6/h2-4H2,1H3. The Morgan fingerprint density at radius 1 is 0.647 bits per heavy atom. The lowest BCUT2D eigenvalue weighted by atomic mass is 10.8. The van der Waals surface area contributed by atoms with Gasteiger partial charge in [-0.1, -0.05) is 0 Å². The van der Waals surface area contributed by atoms with E-state index in [1.165, 1.54) is 0 Å². The van der Waals surface area contributed by atoms with Gasteiger partial charge in [-0.2, -0.15) is 0 Å². The van der Waals surface area contributed by atoms with Gasteiger partial charge in [0.25, 0.3) is 0 Å². The maximum atomic E-state index is 6.25. The average molecular weight is 404 g/mol. The molecule has 0 N–H and O–H groups in total. The summed E-state index contributed by atoms with van der Waals surface area (Å²) in [6.07, 6.45) is 0. The number of rotatable bonds is 3. The van der Waals surface area contributed by atoms with Crippen LogP contribution in [0.2, 0.25) is 0 Å². The quantitative estimate of drug-likeness (QED) is 0.544. The number of hydrogen-bond acceptors (Lipinski definition) is 6. The van der Waals surface area contributed by atoms with Crippen LogP contribution >= 0.6 is 105 Å². The molecular weight excluding hydrogens is 395 g/mol. The Bertz CT molecular complexity index is 294. The molecule has 0 saturated carbocycles. The van der Waals surface area contributed by atoms with E-state index in [0.29, 0.717) is 17.6 Å². The molecule has 0 aliphatic carbocycles. The molecule has 0 unspecified atom stereocenters. The number of hydrogen-bond donors (Lipinski definition) is 0. The van der Waals surface area contributed by atoms with E-state index in [4.69, 9.17) is 34.8 Å². The van der Waals surface area contributed by atoms with Gasteiger partial charge in [0.2, 0.25) is 0 Å². The minimum atomic E-state index is 0.0157. The van der Waals surface area contributed by atoms with Crippen LogP contribution in [-0.4, -0.2) is 31.3 Å². The molecule has 0 aromatic rings. The highest BCUT2D eigenvalue weighted by Crippen LogP contribution is 2.88.